The summed E-state index contributed by atoms with van der Waals surface area (Å²) in [4.78, 5) is 4.63. The SMILES string of the molecule is N#C/C(=C\c1ccc(Br)o1)c1nc(-c2ccc(-c3ccccc3)cc2)cs1. The van der Waals surface area contributed by atoms with Gasteiger partial charge in [0.2, 0.25) is 0 Å². The van der Waals surface area contributed by atoms with Crippen LogP contribution in [0.25, 0.3) is 34.0 Å². The van der Waals surface area contributed by atoms with Crippen LogP contribution in [0.2, 0.25) is 0 Å². The second kappa shape index (κ2) is 7.75. The van der Waals surface area contributed by atoms with Crippen LogP contribution in [0.3, 0.4) is 0 Å². The highest BCUT2D eigenvalue weighted by molar-refractivity contribution is 9.10. The molecule has 5 heteroatoms. The van der Waals surface area contributed by atoms with Crippen LogP contribution in [0.15, 0.2) is 81.2 Å². The van der Waals surface area contributed by atoms with Crippen molar-refractivity contribution in [3.63, 3.8) is 0 Å². The molecule has 0 spiro atoms. The van der Waals surface area contributed by atoms with Crippen molar-refractivity contribution in [2.24, 2.45) is 0 Å². The van der Waals surface area contributed by atoms with Crippen molar-refractivity contribution in [1.82, 2.24) is 4.98 Å². The van der Waals surface area contributed by atoms with E-state index < -0.39 is 0 Å². The summed E-state index contributed by atoms with van der Waals surface area (Å²) >= 11 is 4.71. The smallest absolute Gasteiger partial charge is 0.169 e. The normalized spacial score (nSPS) is 11.3. The summed E-state index contributed by atoms with van der Waals surface area (Å²) in [5.74, 6) is 0.613. The third-order valence-electron chi connectivity index (χ3n) is 4.02. The summed E-state index contributed by atoms with van der Waals surface area (Å²) in [5.41, 5.74) is 4.71. The average molecular weight is 433 g/mol. The highest BCUT2D eigenvalue weighted by Crippen LogP contribution is 2.29. The molecule has 0 radical (unpaired) electrons. The lowest BCUT2D eigenvalue weighted by molar-refractivity contribution is 0.532. The van der Waals surface area contributed by atoms with E-state index in [1.807, 2.05) is 23.6 Å². The third-order valence-corrected chi connectivity index (χ3v) is 5.33. The Hall–Kier alpha value is -2.94. The van der Waals surface area contributed by atoms with Crippen molar-refractivity contribution in [1.29, 1.82) is 5.26 Å². The van der Waals surface area contributed by atoms with Gasteiger partial charge < -0.3 is 4.42 Å². The number of thiazole rings is 1. The van der Waals surface area contributed by atoms with Gasteiger partial charge in [-0.2, -0.15) is 5.26 Å². The number of hydrogen-bond donors (Lipinski definition) is 0. The van der Waals surface area contributed by atoms with Crippen LogP contribution in [0.4, 0.5) is 0 Å². The summed E-state index contributed by atoms with van der Waals surface area (Å²) in [5, 5.41) is 12.1. The summed E-state index contributed by atoms with van der Waals surface area (Å²) in [6.07, 6.45) is 1.70. The van der Waals surface area contributed by atoms with Gasteiger partial charge in [0.1, 0.15) is 16.8 Å². The number of aromatic nitrogens is 1. The molecule has 0 unspecified atom stereocenters. The van der Waals surface area contributed by atoms with Crippen molar-refractivity contribution >= 4 is 38.9 Å². The van der Waals surface area contributed by atoms with Crippen LogP contribution in [0, 0.1) is 11.3 Å². The molecule has 0 aliphatic rings. The maximum absolute atomic E-state index is 9.48. The van der Waals surface area contributed by atoms with Crippen molar-refractivity contribution in [2.45, 2.75) is 0 Å². The maximum atomic E-state index is 9.48. The Balaban J connectivity index is 1.60. The van der Waals surface area contributed by atoms with E-state index in [0.717, 1.165) is 16.8 Å². The first-order chi connectivity index (χ1) is 13.2. The molecular formula is C22H13BrN2OS. The Labute approximate surface area is 169 Å². The van der Waals surface area contributed by atoms with Gasteiger partial charge in [-0.1, -0.05) is 54.6 Å². The molecule has 0 fully saturated rings. The average Bonchev–Trinajstić information content (AvgIpc) is 3.36. The second-order valence-corrected chi connectivity index (χ2v) is 7.43. The number of allylic oxidation sites excluding steroid dienone is 1. The summed E-state index contributed by atoms with van der Waals surface area (Å²) in [6.45, 7) is 0. The van der Waals surface area contributed by atoms with E-state index in [1.165, 1.54) is 16.9 Å². The highest BCUT2D eigenvalue weighted by atomic mass is 79.9. The predicted molar refractivity (Wildman–Crippen MR) is 113 cm³/mol. The molecule has 4 aromatic rings. The number of halogens is 1. The van der Waals surface area contributed by atoms with Crippen LogP contribution >= 0.6 is 27.3 Å². The fourth-order valence-electron chi connectivity index (χ4n) is 2.68. The third kappa shape index (κ3) is 3.92. The number of furan rings is 1. The standard InChI is InChI=1S/C22H13BrN2OS/c23-21-11-10-19(26-21)12-18(13-24)22-25-20(14-27-22)17-8-6-16(7-9-17)15-4-2-1-3-5-15/h1-12,14H/b18-12+. The lowest BCUT2D eigenvalue weighted by Gasteiger charge is -2.02. The lowest BCUT2D eigenvalue weighted by atomic mass is 10.0. The predicted octanol–water partition coefficient (Wildman–Crippen LogP) is 6.90. The van der Waals surface area contributed by atoms with Gasteiger partial charge in [0.25, 0.3) is 0 Å². The van der Waals surface area contributed by atoms with Crippen molar-refractivity contribution < 1.29 is 4.42 Å². The number of benzene rings is 2. The topological polar surface area (TPSA) is 49.8 Å². The number of nitriles is 1. The van der Waals surface area contributed by atoms with Gasteiger partial charge in [0.15, 0.2) is 4.67 Å². The van der Waals surface area contributed by atoms with E-state index in [9.17, 15) is 5.26 Å². The molecule has 0 bridgehead atoms. The molecule has 130 valence electrons. The van der Waals surface area contributed by atoms with Gasteiger partial charge >= 0.3 is 0 Å². The molecule has 2 aromatic heterocycles. The molecule has 0 N–H and O–H groups in total. The fourth-order valence-corrected chi connectivity index (χ4v) is 3.80. The molecular weight excluding hydrogens is 420 g/mol. The number of hydrogen-bond acceptors (Lipinski definition) is 4. The van der Waals surface area contributed by atoms with E-state index >= 15 is 0 Å². The first-order valence-corrected chi connectivity index (χ1v) is 9.89. The van der Waals surface area contributed by atoms with Gasteiger partial charge in [-0.3, -0.25) is 0 Å². The zero-order chi connectivity index (χ0) is 18.6. The summed E-state index contributed by atoms with van der Waals surface area (Å²) in [7, 11) is 0. The molecule has 2 aromatic carbocycles. The Morgan fingerprint density at radius 3 is 2.33 bits per heavy atom. The van der Waals surface area contributed by atoms with Crippen LogP contribution < -0.4 is 0 Å². The van der Waals surface area contributed by atoms with Crippen LogP contribution in [0.5, 0.6) is 0 Å². The minimum absolute atomic E-state index is 0.481. The zero-order valence-corrected chi connectivity index (χ0v) is 16.5. The minimum Gasteiger partial charge on any atom is -0.450 e. The molecule has 0 atom stereocenters. The molecule has 0 saturated heterocycles. The summed E-state index contributed by atoms with van der Waals surface area (Å²) in [6, 6.07) is 24.3. The molecule has 0 amide bonds. The number of nitrogens with zero attached hydrogens (tertiary/aromatic N) is 2. The van der Waals surface area contributed by atoms with Gasteiger partial charge in [0, 0.05) is 17.0 Å². The van der Waals surface area contributed by atoms with E-state index in [1.54, 1.807) is 18.2 Å². The van der Waals surface area contributed by atoms with Gasteiger partial charge in [-0.15, -0.1) is 11.3 Å². The Morgan fingerprint density at radius 2 is 1.67 bits per heavy atom. The first kappa shape index (κ1) is 17.5. The van der Waals surface area contributed by atoms with E-state index in [0.29, 0.717) is 21.0 Å². The summed E-state index contributed by atoms with van der Waals surface area (Å²) < 4.78 is 6.08. The molecule has 0 saturated carbocycles. The lowest BCUT2D eigenvalue weighted by Crippen LogP contribution is -1.83. The second-order valence-electron chi connectivity index (χ2n) is 5.79. The molecule has 3 nitrogen and oxygen atoms in total. The van der Waals surface area contributed by atoms with Gasteiger partial charge in [-0.25, -0.2) is 4.98 Å². The molecule has 0 aliphatic heterocycles. The quantitative estimate of drug-likeness (QED) is 0.329. The monoisotopic (exact) mass is 432 g/mol. The van der Waals surface area contributed by atoms with Crippen LogP contribution in [-0.2, 0) is 0 Å². The molecule has 27 heavy (non-hydrogen) atoms. The van der Waals surface area contributed by atoms with E-state index in [-0.39, 0.29) is 0 Å². The zero-order valence-electron chi connectivity index (χ0n) is 14.1. The Bertz CT molecular complexity index is 1140. The minimum atomic E-state index is 0.481. The fraction of sp³-hybridized carbons (Fsp3) is 0. The molecule has 2 heterocycles. The van der Waals surface area contributed by atoms with Gasteiger partial charge in [0.05, 0.1) is 11.3 Å². The van der Waals surface area contributed by atoms with E-state index in [4.69, 9.17) is 4.42 Å². The first-order valence-electron chi connectivity index (χ1n) is 8.22. The van der Waals surface area contributed by atoms with E-state index in [2.05, 4.69) is 63.4 Å². The number of rotatable bonds is 4. The highest BCUT2D eigenvalue weighted by Gasteiger charge is 2.10. The Kier molecular flexibility index (Phi) is 5.01. The maximum Gasteiger partial charge on any atom is 0.169 e. The Morgan fingerprint density at radius 1 is 0.963 bits per heavy atom. The van der Waals surface area contributed by atoms with Crippen molar-refractivity contribution in [2.75, 3.05) is 0 Å². The van der Waals surface area contributed by atoms with Crippen molar-refractivity contribution in [3.8, 4) is 28.5 Å². The van der Waals surface area contributed by atoms with Gasteiger partial charge in [-0.05, 0) is 39.2 Å². The van der Waals surface area contributed by atoms with Crippen LogP contribution in [-0.4, -0.2) is 4.98 Å². The van der Waals surface area contributed by atoms with Crippen LogP contribution in [0.1, 0.15) is 10.8 Å². The largest absolute Gasteiger partial charge is 0.450 e. The van der Waals surface area contributed by atoms with Crippen molar-refractivity contribution in [3.05, 3.63) is 87.5 Å². The molecule has 4 rings (SSSR count). The molecule has 0 aliphatic carbocycles.